The number of aromatic nitrogens is 1. The zero-order chi connectivity index (χ0) is 17.9. The van der Waals surface area contributed by atoms with Crippen LogP contribution in [0.4, 0.5) is 0 Å². The first kappa shape index (κ1) is 18.0. The minimum atomic E-state index is -0.0359. The molecule has 3 nitrogen and oxygen atoms in total. The van der Waals surface area contributed by atoms with Gasteiger partial charge in [0.15, 0.2) is 5.78 Å². The van der Waals surface area contributed by atoms with Crippen molar-refractivity contribution >= 4 is 11.6 Å². The topological polar surface area (TPSA) is 47.0 Å². The summed E-state index contributed by atoms with van der Waals surface area (Å²) >= 11 is 0. The van der Waals surface area contributed by atoms with Crippen molar-refractivity contribution in [3.8, 4) is 0 Å². The fourth-order valence-electron chi connectivity index (χ4n) is 2.11. The molecule has 1 aromatic heterocycles. The van der Waals surface area contributed by atoms with Gasteiger partial charge in [-0.3, -0.25) is 14.6 Å². The highest BCUT2D eigenvalue weighted by molar-refractivity contribution is 6.07. The molecule has 124 valence electrons. The van der Waals surface area contributed by atoms with Gasteiger partial charge >= 0.3 is 0 Å². The molecule has 0 saturated heterocycles. The molecule has 0 radical (unpaired) electrons. The predicted octanol–water partition coefficient (Wildman–Crippen LogP) is 4.76. The second kappa shape index (κ2) is 9.73. The predicted molar refractivity (Wildman–Crippen MR) is 99.7 cm³/mol. The maximum absolute atomic E-state index is 11.8. The molecule has 3 heteroatoms. The first-order valence-electron chi connectivity index (χ1n) is 7.92. The summed E-state index contributed by atoms with van der Waals surface area (Å²) < 4.78 is 0. The molecule has 3 aromatic rings. The van der Waals surface area contributed by atoms with Gasteiger partial charge in [-0.1, -0.05) is 72.8 Å². The van der Waals surface area contributed by atoms with Gasteiger partial charge in [-0.2, -0.15) is 0 Å². The van der Waals surface area contributed by atoms with Crippen molar-refractivity contribution in [2.24, 2.45) is 0 Å². The van der Waals surface area contributed by atoms with E-state index in [0.717, 1.165) is 5.56 Å². The molecule has 3 rings (SSSR count). The molecular weight excluding hydrogens is 310 g/mol. The Morgan fingerprint density at radius 2 is 1.36 bits per heavy atom. The number of rotatable bonds is 5. The number of carbonyl (C=O) groups is 2. The third-order valence-electron chi connectivity index (χ3n) is 3.36. The van der Waals surface area contributed by atoms with Gasteiger partial charge < -0.3 is 0 Å². The molecular formula is C22H19NO2. The second-order valence-corrected chi connectivity index (χ2v) is 5.19. The van der Waals surface area contributed by atoms with E-state index in [4.69, 9.17) is 0 Å². The molecule has 0 amide bonds. The summed E-state index contributed by atoms with van der Waals surface area (Å²) in [5.74, 6) is 0.0896. The highest BCUT2D eigenvalue weighted by atomic mass is 16.1. The summed E-state index contributed by atoms with van der Waals surface area (Å²) in [5.41, 5.74) is 1.91. The quantitative estimate of drug-likeness (QED) is 0.501. The zero-order valence-electron chi connectivity index (χ0n) is 13.8. The highest BCUT2D eigenvalue weighted by Gasteiger charge is 2.07. The Kier molecular flexibility index (Phi) is 7.01. The van der Waals surface area contributed by atoms with Gasteiger partial charge in [0.05, 0.1) is 0 Å². The highest BCUT2D eigenvalue weighted by Crippen LogP contribution is 2.06. The van der Waals surface area contributed by atoms with Crippen LogP contribution in [0.3, 0.4) is 0 Å². The van der Waals surface area contributed by atoms with E-state index in [1.807, 2.05) is 54.6 Å². The second-order valence-electron chi connectivity index (χ2n) is 5.19. The van der Waals surface area contributed by atoms with Crippen molar-refractivity contribution in [3.63, 3.8) is 0 Å². The number of carbonyl (C=O) groups excluding carboxylic acids is 2. The maximum Gasteiger partial charge on any atom is 0.211 e. The molecule has 2 aromatic carbocycles. The Bertz CT molecular complexity index is 771. The molecule has 0 saturated carbocycles. The largest absolute Gasteiger partial charge is 0.294 e. The van der Waals surface area contributed by atoms with Crippen LogP contribution < -0.4 is 0 Å². The average Bonchev–Trinajstić information content (AvgIpc) is 2.70. The Morgan fingerprint density at radius 3 is 1.88 bits per heavy atom. The fraction of sp³-hybridized carbons (Fsp3) is 0.0455. The third kappa shape index (κ3) is 5.66. The number of ketones is 2. The Balaban J connectivity index is 0.000000186. The number of pyridine rings is 1. The fourth-order valence-corrected chi connectivity index (χ4v) is 2.11. The molecule has 0 atom stereocenters. The lowest BCUT2D eigenvalue weighted by Gasteiger charge is -1.98. The first-order valence-corrected chi connectivity index (χ1v) is 7.92. The van der Waals surface area contributed by atoms with Crippen LogP contribution in [0.5, 0.6) is 0 Å². The SMILES string of the molecule is C=CCC(=O)c1ccccc1.O=C(c1ccccc1)c1ccccn1. The molecule has 0 N–H and O–H groups in total. The number of hydrogen-bond donors (Lipinski definition) is 0. The van der Waals surface area contributed by atoms with Gasteiger partial charge in [0.1, 0.15) is 5.69 Å². The van der Waals surface area contributed by atoms with E-state index in [2.05, 4.69) is 11.6 Å². The molecule has 0 unspecified atom stereocenters. The Hall–Kier alpha value is -3.33. The number of benzene rings is 2. The van der Waals surface area contributed by atoms with Gasteiger partial charge in [0, 0.05) is 23.7 Å². The van der Waals surface area contributed by atoms with Crippen molar-refractivity contribution in [1.82, 2.24) is 4.98 Å². The van der Waals surface area contributed by atoms with Crippen molar-refractivity contribution in [2.45, 2.75) is 6.42 Å². The van der Waals surface area contributed by atoms with Crippen LogP contribution in [0, 0.1) is 0 Å². The normalized spacial score (nSPS) is 9.44. The minimum Gasteiger partial charge on any atom is -0.294 e. The van der Waals surface area contributed by atoms with Crippen molar-refractivity contribution in [1.29, 1.82) is 0 Å². The van der Waals surface area contributed by atoms with E-state index >= 15 is 0 Å². The molecule has 1 heterocycles. The lowest BCUT2D eigenvalue weighted by molar-refractivity contribution is 0.0994. The van der Waals surface area contributed by atoms with Crippen LogP contribution in [0.2, 0.25) is 0 Å². The standard InChI is InChI=1S/C12H9NO.C10H10O/c14-12(10-6-2-1-3-7-10)11-8-4-5-9-13-11;1-2-6-10(11)9-7-4-3-5-8-9/h1-9H;2-5,7-8H,1,6H2. The van der Waals surface area contributed by atoms with E-state index in [-0.39, 0.29) is 11.6 Å². The van der Waals surface area contributed by atoms with Crippen LogP contribution in [-0.4, -0.2) is 16.6 Å². The summed E-state index contributed by atoms with van der Waals surface area (Å²) in [7, 11) is 0. The molecule has 0 bridgehead atoms. The summed E-state index contributed by atoms with van der Waals surface area (Å²) in [4.78, 5) is 27.0. The Morgan fingerprint density at radius 1 is 0.800 bits per heavy atom. The summed E-state index contributed by atoms with van der Waals surface area (Å²) in [6.07, 6.45) is 3.66. The smallest absolute Gasteiger partial charge is 0.211 e. The number of nitrogens with zero attached hydrogens (tertiary/aromatic N) is 1. The van der Waals surface area contributed by atoms with Gasteiger partial charge in [-0.05, 0) is 12.1 Å². The van der Waals surface area contributed by atoms with E-state index in [0.29, 0.717) is 17.7 Å². The van der Waals surface area contributed by atoms with E-state index in [1.165, 1.54) is 0 Å². The number of hydrogen-bond acceptors (Lipinski definition) is 3. The minimum absolute atomic E-state index is 0.0359. The van der Waals surface area contributed by atoms with Crippen LogP contribution in [0.15, 0.2) is 97.7 Å². The van der Waals surface area contributed by atoms with Crippen molar-refractivity contribution in [2.75, 3.05) is 0 Å². The molecule has 0 aliphatic rings. The van der Waals surface area contributed by atoms with E-state index in [1.54, 1.807) is 36.5 Å². The molecule has 0 aliphatic heterocycles. The molecule has 0 fully saturated rings. The number of allylic oxidation sites excluding steroid dienone is 1. The average molecular weight is 329 g/mol. The molecule has 0 aliphatic carbocycles. The lowest BCUT2D eigenvalue weighted by atomic mass is 10.1. The van der Waals surface area contributed by atoms with E-state index < -0.39 is 0 Å². The van der Waals surface area contributed by atoms with Crippen LogP contribution in [-0.2, 0) is 0 Å². The monoisotopic (exact) mass is 329 g/mol. The van der Waals surface area contributed by atoms with Gasteiger partial charge in [-0.25, -0.2) is 0 Å². The van der Waals surface area contributed by atoms with Crippen LogP contribution in [0.25, 0.3) is 0 Å². The van der Waals surface area contributed by atoms with Crippen molar-refractivity contribution < 1.29 is 9.59 Å². The summed E-state index contributed by atoms with van der Waals surface area (Å²) in [6, 6.07) is 23.7. The molecule has 25 heavy (non-hydrogen) atoms. The summed E-state index contributed by atoms with van der Waals surface area (Å²) in [5, 5.41) is 0. The maximum atomic E-state index is 11.8. The third-order valence-corrected chi connectivity index (χ3v) is 3.36. The zero-order valence-corrected chi connectivity index (χ0v) is 13.8. The van der Waals surface area contributed by atoms with Gasteiger partial charge in [-0.15, -0.1) is 6.58 Å². The summed E-state index contributed by atoms with van der Waals surface area (Å²) in [6.45, 7) is 3.51. The van der Waals surface area contributed by atoms with E-state index in [9.17, 15) is 9.59 Å². The van der Waals surface area contributed by atoms with Gasteiger partial charge in [0.2, 0.25) is 5.78 Å². The van der Waals surface area contributed by atoms with Crippen LogP contribution >= 0.6 is 0 Å². The first-order chi connectivity index (χ1) is 12.2. The van der Waals surface area contributed by atoms with Gasteiger partial charge in [0.25, 0.3) is 0 Å². The Labute approximate surface area is 147 Å². The molecule has 0 spiro atoms. The van der Waals surface area contributed by atoms with Crippen molar-refractivity contribution in [3.05, 3.63) is 115 Å². The number of Topliss-reactive ketones (excluding diaryl/α,β-unsaturated/α-hetero) is 1. The van der Waals surface area contributed by atoms with Crippen LogP contribution in [0.1, 0.15) is 32.8 Å². The lowest BCUT2D eigenvalue weighted by Crippen LogP contribution is -2.02.